The maximum atomic E-state index is 14.2. The number of pyridine rings is 1. The van der Waals surface area contributed by atoms with Gasteiger partial charge in [0, 0.05) is 42.3 Å². The number of fused-ring (bicyclic) bond motifs is 4. The molecule has 0 aliphatic rings. The summed E-state index contributed by atoms with van der Waals surface area (Å²) in [6.45, 7) is 6.51. The third kappa shape index (κ3) is 6.96. The minimum atomic E-state index is -2.94. The van der Waals surface area contributed by atoms with Crippen LogP contribution < -0.4 is 15.9 Å². The topological polar surface area (TPSA) is 43.1 Å². The fourth-order valence-corrected chi connectivity index (χ4v) is 8.83. The van der Waals surface area contributed by atoms with Gasteiger partial charge in [0.1, 0.15) is 12.7 Å². The zero-order chi connectivity index (χ0) is 33.1. The third-order valence-corrected chi connectivity index (χ3v) is 11.6. The molecule has 2 heterocycles. The van der Waals surface area contributed by atoms with Gasteiger partial charge in [-0.25, -0.2) is 0 Å². The Hall–Kier alpha value is -4.59. The van der Waals surface area contributed by atoms with Crippen LogP contribution in [-0.2, 0) is 31.1 Å². The molecule has 6 aromatic carbocycles. The number of hydrogen-bond acceptors (Lipinski definition) is 3. The molecule has 0 saturated heterocycles. The van der Waals surface area contributed by atoms with Crippen LogP contribution >= 0.6 is 7.14 Å². The zero-order valence-electron chi connectivity index (χ0n) is 27.7. The van der Waals surface area contributed by atoms with Crippen molar-refractivity contribution >= 4 is 55.8 Å². The SMILES string of the molecule is Cc1ccc(-c2[c-]ccc3c2oc2c(CC(C)C)cccc23)nc1.O=P(c1[c-]cc2ccccc2c1)(c1ccccc1)c1ccccc1.[Ir]. The van der Waals surface area contributed by atoms with Gasteiger partial charge in [0.25, 0.3) is 0 Å². The summed E-state index contributed by atoms with van der Waals surface area (Å²) < 4.78 is 20.6. The van der Waals surface area contributed by atoms with Crippen molar-refractivity contribution in [3.63, 3.8) is 0 Å². The van der Waals surface area contributed by atoms with E-state index in [1.54, 1.807) is 0 Å². The summed E-state index contributed by atoms with van der Waals surface area (Å²) in [7, 11) is -2.94. The van der Waals surface area contributed by atoms with E-state index < -0.39 is 7.14 Å². The van der Waals surface area contributed by atoms with Crippen LogP contribution in [-0.4, -0.2) is 4.98 Å². The van der Waals surface area contributed by atoms with Gasteiger partial charge in [0.15, 0.2) is 0 Å². The molecule has 3 nitrogen and oxygen atoms in total. The first-order chi connectivity index (χ1) is 23.4. The largest absolute Gasteiger partial charge is 0.500 e. The van der Waals surface area contributed by atoms with Gasteiger partial charge in [-0.3, -0.25) is 0 Å². The molecule has 0 atom stereocenters. The summed E-state index contributed by atoms with van der Waals surface area (Å²) >= 11 is 0. The third-order valence-electron chi connectivity index (χ3n) is 8.58. The Morgan fingerprint density at radius 2 is 1.37 bits per heavy atom. The average Bonchev–Trinajstić information content (AvgIpc) is 3.52. The Morgan fingerprint density at radius 1 is 0.714 bits per heavy atom. The van der Waals surface area contributed by atoms with E-state index in [1.165, 1.54) is 10.9 Å². The molecular weight excluding hydrogens is 798 g/mol. The van der Waals surface area contributed by atoms with Gasteiger partial charge in [-0.05, 0) is 36.1 Å². The van der Waals surface area contributed by atoms with Crippen molar-refractivity contribution in [1.82, 2.24) is 4.98 Å². The summed E-state index contributed by atoms with van der Waals surface area (Å²) in [5.74, 6) is 0.591. The van der Waals surface area contributed by atoms with E-state index in [2.05, 4.69) is 61.3 Å². The summed E-state index contributed by atoms with van der Waals surface area (Å²) in [6.07, 6.45) is 2.90. The first kappa shape index (κ1) is 34.3. The number of aryl methyl sites for hydroxylation is 1. The van der Waals surface area contributed by atoms with Crippen molar-refractivity contribution in [2.75, 3.05) is 0 Å². The van der Waals surface area contributed by atoms with Gasteiger partial charge in [-0.2, -0.15) is 18.2 Å². The van der Waals surface area contributed by atoms with Gasteiger partial charge in [-0.1, -0.05) is 139 Å². The molecule has 5 heteroatoms. The van der Waals surface area contributed by atoms with Crippen molar-refractivity contribution < 1.29 is 29.1 Å². The Kier molecular flexibility index (Phi) is 10.4. The number of hydrogen-bond donors (Lipinski definition) is 0. The maximum absolute atomic E-state index is 14.2. The fourth-order valence-electron chi connectivity index (χ4n) is 6.23. The Bertz CT molecular complexity index is 2340. The second-order valence-electron chi connectivity index (χ2n) is 12.5. The zero-order valence-corrected chi connectivity index (χ0v) is 31.0. The van der Waals surface area contributed by atoms with Crippen LogP contribution in [0, 0.1) is 25.0 Å². The van der Waals surface area contributed by atoms with Crippen LogP contribution in [0.1, 0.15) is 25.0 Å². The molecule has 0 saturated carbocycles. The first-order valence-electron chi connectivity index (χ1n) is 16.3. The second-order valence-corrected chi connectivity index (χ2v) is 15.3. The van der Waals surface area contributed by atoms with E-state index >= 15 is 0 Å². The summed E-state index contributed by atoms with van der Waals surface area (Å²) in [5.41, 5.74) is 6.11. The van der Waals surface area contributed by atoms with Crippen molar-refractivity contribution in [3.05, 3.63) is 169 Å². The number of rotatable bonds is 6. The maximum Gasteiger partial charge on any atom is 0.147 e. The fraction of sp³-hybridized carbons (Fsp3) is 0.114. The van der Waals surface area contributed by atoms with Crippen molar-refractivity contribution in [2.24, 2.45) is 5.92 Å². The molecule has 49 heavy (non-hydrogen) atoms. The van der Waals surface area contributed by atoms with Crippen molar-refractivity contribution in [3.8, 4) is 11.3 Å². The predicted octanol–water partition coefficient (Wildman–Crippen LogP) is 10.2. The number of para-hydroxylation sites is 1. The van der Waals surface area contributed by atoms with E-state index in [1.807, 2.05) is 122 Å². The molecule has 0 fully saturated rings. The molecule has 1 radical (unpaired) electrons. The van der Waals surface area contributed by atoms with Crippen LogP contribution in [0.25, 0.3) is 44.0 Å². The van der Waals surface area contributed by atoms with Crippen LogP contribution in [0.15, 0.2) is 150 Å². The second kappa shape index (κ2) is 14.9. The Morgan fingerprint density at radius 3 is 2.02 bits per heavy atom. The number of benzene rings is 6. The molecule has 0 bridgehead atoms. The summed E-state index contributed by atoms with van der Waals surface area (Å²) in [5, 5.41) is 6.91. The Balaban J connectivity index is 0.000000167. The first-order valence-corrected chi connectivity index (χ1v) is 18.0. The molecule has 0 amide bonds. The van der Waals surface area contributed by atoms with Gasteiger partial charge >= 0.3 is 0 Å². The van der Waals surface area contributed by atoms with Gasteiger partial charge in [0.2, 0.25) is 0 Å². The molecule has 0 unspecified atom stereocenters. The molecule has 8 aromatic rings. The minimum Gasteiger partial charge on any atom is -0.500 e. The smallest absolute Gasteiger partial charge is 0.147 e. The molecular formula is C44H36IrNO2P-2. The van der Waals surface area contributed by atoms with E-state index in [0.29, 0.717) is 5.92 Å². The van der Waals surface area contributed by atoms with Crippen molar-refractivity contribution in [1.29, 1.82) is 0 Å². The van der Waals surface area contributed by atoms with Crippen LogP contribution in [0.2, 0.25) is 0 Å². The van der Waals surface area contributed by atoms with Crippen LogP contribution in [0.3, 0.4) is 0 Å². The average molecular weight is 834 g/mol. The molecule has 0 spiro atoms. The summed E-state index contributed by atoms with van der Waals surface area (Å²) in [4.78, 5) is 4.55. The number of nitrogens with zero attached hydrogens (tertiary/aromatic N) is 1. The standard InChI is InChI=1S/C22H20NO.C22H16OP.Ir/c1-14(2)12-16-6-4-7-17-18-8-5-9-19(22(18)24-21(16)17)20-11-10-15(3)13-23-20;23-24(20-11-3-1-4-12-20,21-13-5-2-6-14-21)22-16-15-18-9-7-8-10-19(18)17-22;/h4-8,10-11,13-14H,12H2,1-3H3;1-15,17H;/q2*-1;. The monoisotopic (exact) mass is 834 g/mol. The predicted molar refractivity (Wildman–Crippen MR) is 201 cm³/mol. The summed E-state index contributed by atoms with van der Waals surface area (Å²) in [6, 6.07) is 52.6. The normalized spacial score (nSPS) is 11.3. The van der Waals surface area contributed by atoms with E-state index in [9.17, 15) is 4.57 Å². The minimum absolute atomic E-state index is 0. The van der Waals surface area contributed by atoms with E-state index in [0.717, 1.165) is 66.5 Å². The van der Waals surface area contributed by atoms with E-state index in [-0.39, 0.29) is 20.1 Å². The number of furan rings is 1. The quantitative estimate of drug-likeness (QED) is 0.124. The molecule has 0 aliphatic carbocycles. The van der Waals surface area contributed by atoms with Gasteiger partial charge < -0.3 is 14.0 Å². The van der Waals surface area contributed by atoms with Gasteiger partial charge in [-0.15, -0.1) is 35.0 Å². The molecule has 2 aromatic heterocycles. The van der Waals surface area contributed by atoms with Crippen LogP contribution in [0.4, 0.5) is 0 Å². The van der Waals surface area contributed by atoms with Gasteiger partial charge in [0.05, 0.1) is 5.58 Å². The van der Waals surface area contributed by atoms with E-state index in [4.69, 9.17) is 4.42 Å². The molecule has 8 rings (SSSR count). The van der Waals surface area contributed by atoms with Crippen LogP contribution in [0.5, 0.6) is 0 Å². The Labute approximate surface area is 301 Å². The molecule has 245 valence electrons. The van der Waals surface area contributed by atoms with Crippen molar-refractivity contribution in [2.45, 2.75) is 27.2 Å². The molecule has 0 N–H and O–H groups in total. The molecule has 0 aliphatic heterocycles. The number of aromatic nitrogens is 1.